The van der Waals surface area contributed by atoms with Crippen molar-refractivity contribution >= 4 is 26.7 Å². The zero-order valence-electron chi connectivity index (χ0n) is 12.1. The van der Waals surface area contributed by atoms with Gasteiger partial charge in [-0.1, -0.05) is 11.0 Å². The predicted octanol–water partition coefficient (Wildman–Crippen LogP) is 2.43. The molecule has 0 N–H and O–H groups in total. The molecule has 1 fully saturated rings. The van der Waals surface area contributed by atoms with Crippen molar-refractivity contribution in [2.24, 2.45) is 0 Å². The van der Waals surface area contributed by atoms with Gasteiger partial charge in [-0.2, -0.15) is 0 Å². The molecule has 0 bridgehead atoms. The molecule has 0 saturated carbocycles. The van der Waals surface area contributed by atoms with Crippen LogP contribution in [0, 0.1) is 6.92 Å². The van der Waals surface area contributed by atoms with E-state index in [-0.39, 0.29) is 0 Å². The van der Waals surface area contributed by atoms with Crippen molar-refractivity contribution in [2.75, 3.05) is 27.2 Å². The summed E-state index contributed by atoms with van der Waals surface area (Å²) in [5.41, 5.74) is 2.58. The number of hydrogen-bond donors (Lipinski definition) is 0. The van der Waals surface area contributed by atoms with Gasteiger partial charge in [0.2, 0.25) is 0 Å². The van der Waals surface area contributed by atoms with Crippen molar-refractivity contribution in [3.63, 3.8) is 0 Å². The normalized spacial score (nSPS) is 17.4. The molecule has 1 heterocycles. The van der Waals surface area contributed by atoms with Crippen LogP contribution in [0.25, 0.3) is 0 Å². The predicted molar refractivity (Wildman–Crippen MR) is 78.1 cm³/mol. The molecule has 92 valence electrons. The third kappa shape index (κ3) is 5.73. The summed E-state index contributed by atoms with van der Waals surface area (Å²) in [5, 5.41) is 0. The zero-order valence-corrected chi connectivity index (χ0v) is 14.9. The monoisotopic (exact) mass is 330 g/mol. The number of rotatable bonds is 1. The second-order valence-electron chi connectivity index (χ2n) is 5.36. The summed E-state index contributed by atoms with van der Waals surface area (Å²) in [7, 11) is 4.31. The van der Waals surface area contributed by atoms with E-state index >= 15 is 0 Å². The molecule has 16 heavy (non-hydrogen) atoms. The fourth-order valence-electron chi connectivity index (χ4n) is 1.69. The maximum absolute atomic E-state index is 4.12. The Morgan fingerprint density at radius 3 is 1.62 bits per heavy atom. The fourth-order valence-corrected chi connectivity index (χ4v) is 1.69. The van der Waals surface area contributed by atoms with Crippen LogP contribution in [0.15, 0.2) is 11.0 Å². The van der Waals surface area contributed by atoms with E-state index in [4.69, 9.17) is 0 Å². The first kappa shape index (κ1) is 16.5. The molecule has 1 aliphatic heterocycles. The van der Waals surface area contributed by atoms with Crippen molar-refractivity contribution in [3.8, 4) is 0 Å². The van der Waals surface area contributed by atoms with Gasteiger partial charge in [-0.15, -0.1) is 0 Å². The molecule has 2 radical (unpaired) electrons. The quantitative estimate of drug-likeness (QED) is 0.682. The molecule has 0 unspecified atom stereocenters. The zero-order chi connectivity index (χ0) is 12.9. The Bertz CT molecular complexity index is 224. The van der Waals surface area contributed by atoms with E-state index in [1.165, 1.54) is 11.0 Å². The minimum atomic E-state index is -0.543. The molecule has 2 nitrogen and oxygen atoms in total. The van der Waals surface area contributed by atoms with Gasteiger partial charge in [0, 0.05) is 13.1 Å². The molecule has 0 aromatic carbocycles. The van der Waals surface area contributed by atoms with Crippen LogP contribution >= 0.6 is 0 Å². The van der Waals surface area contributed by atoms with Crippen molar-refractivity contribution < 1.29 is 0 Å². The summed E-state index contributed by atoms with van der Waals surface area (Å²) in [6.07, 6.45) is 0. The molecule has 0 spiro atoms. The average Bonchev–Trinajstić information content (AvgIpc) is 2.44. The summed E-state index contributed by atoms with van der Waals surface area (Å²) < 4.78 is 0. The van der Waals surface area contributed by atoms with E-state index < -0.39 is 19.8 Å². The molecule has 1 saturated heterocycles. The minimum absolute atomic E-state index is 0.426. The Labute approximate surface area is 110 Å². The van der Waals surface area contributed by atoms with Crippen molar-refractivity contribution in [2.45, 2.75) is 28.7 Å². The molecular weight excluding hydrogens is 302 g/mol. The summed E-state index contributed by atoms with van der Waals surface area (Å²) in [4.78, 5) is 11.8. The topological polar surface area (TPSA) is 6.48 Å². The van der Waals surface area contributed by atoms with Gasteiger partial charge in [0.05, 0.1) is 0 Å². The van der Waals surface area contributed by atoms with Crippen molar-refractivity contribution in [1.29, 1.82) is 0 Å². The Morgan fingerprint density at radius 1 is 1.06 bits per heavy atom. The van der Waals surface area contributed by atoms with Crippen LogP contribution in [0.4, 0.5) is 0 Å². The number of hydrogen-bond acceptors (Lipinski definition) is 2. The molecule has 0 aromatic heterocycles. The van der Waals surface area contributed by atoms with Gasteiger partial charge in [0.25, 0.3) is 0 Å². The van der Waals surface area contributed by atoms with Crippen LogP contribution in [-0.2, 0) is 0 Å². The first-order valence-electron chi connectivity index (χ1n) is 5.94. The number of allylic oxidation sites excluding steroid dienone is 2. The van der Waals surface area contributed by atoms with E-state index in [1.807, 2.05) is 0 Å². The molecule has 0 atom stereocenters. The van der Waals surface area contributed by atoms with E-state index in [9.17, 15) is 0 Å². The third-order valence-electron chi connectivity index (χ3n) is 2.59. The number of likely N-dealkylation sites (N-methyl/N-ethyl adjacent to an activating group) is 2. The van der Waals surface area contributed by atoms with Crippen LogP contribution in [-0.4, -0.2) is 63.5 Å². The van der Waals surface area contributed by atoms with Gasteiger partial charge in [0.1, 0.15) is 0 Å². The maximum atomic E-state index is 4.12. The van der Waals surface area contributed by atoms with Crippen molar-refractivity contribution in [3.05, 3.63) is 18.0 Å². The summed E-state index contributed by atoms with van der Waals surface area (Å²) in [5.74, 6) is 0. The first-order valence-corrected chi connectivity index (χ1v) is 14.5. The van der Waals surface area contributed by atoms with Gasteiger partial charge in [-0.25, -0.2) is 0 Å². The average molecular weight is 329 g/mol. The van der Waals surface area contributed by atoms with E-state index in [0.29, 0.717) is 6.98 Å². The van der Waals surface area contributed by atoms with Gasteiger partial charge in [0.15, 0.2) is 0 Å². The fraction of sp³-hybridized carbons (Fsp3) is 0.750. The number of nitrogens with zero attached hydrogens (tertiary/aromatic N) is 2. The van der Waals surface area contributed by atoms with Crippen LogP contribution in [0.5, 0.6) is 0 Å². The third-order valence-corrected chi connectivity index (χ3v) is 2.59. The standard InChI is InChI=1S/C9H18BN2.3CH3.Sn/c1-8(2)9(3)10-11(4)6-7-12(10)5;;;;/h3,6-7H2,1-2,4-5H3;3*1H3;. The second-order valence-corrected chi connectivity index (χ2v) is 13.9. The van der Waals surface area contributed by atoms with Gasteiger partial charge < -0.3 is 9.62 Å². The Hall–Kier alpha value is 0.524. The van der Waals surface area contributed by atoms with Crippen LogP contribution in [0.1, 0.15) is 13.8 Å². The molecule has 4 heteroatoms. The second kappa shape index (κ2) is 7.77. The Balaban J connectivity index is 0.000000487. The molecule has 1 aliphatic rings. The molecular formula is C12H27BN2Sn. The SMILES string of the molecule is [CH2]C(B1N(C)CCN1C)=C(C)C.[CH3][Sn]([CH3])[CH3]. The Morgan fingerprint density at radius 2 is 1.38 bits per heavy atom. The molecule has 0 aromatic rings. The van der Waals surface area contributed by atoms with E-state index in [2.05, 4.69) is 59.3 Å². The van der Waals surface area contributed by atoms with E-state index in [0.717, 1.165) is 13.1 Å². The van der Waals surface area contributed by atoms with Crippen LogP contribution in [0.3, 0.4) is 0 Å². The summed E-state index contributed by atoms with van der Waals surface area (Å²) in [6, 6.07) is 0. The van der Waals surface area contributed by atoms with Gasteiger partial charge >= 0.3 is 41.6 Å². The first-order chi connectivity index (χ1) is 7.27. The summed E-state index contributed by atoms with van der Waals surface area (Å²) >= 11 is -0.543. The molecule has 0 aliphatic carbocycles. The van der Waals surface area contributed by atoms with Crippen LogP contribution in [0.2, 0.25) is 14.8 Å². The van der Waals surface area contributed by atoms with Crippen molar-refractivity contribution in [1.82, 2.24) is 9.62 Å². The van der Waals surface area contributed by atoms with Crippen LogP contribution < -0.4 is 0 Å². The van der Waals surface area contributed by atoms with Gasteiger partial charge in [-0.3, -0.25) is 0 Å². The van der Waals surface area contributed by atoms with E-state index in [1.54, 1.807) is 0 Å². The molecule has 0 amide bonds. The molecule has 1 rings (SSSR count). The Kier molecular flexibility index (Phi) is 8.03. The van der Waals surface area contributed by atoms with Gasteiger partial charge in [-0.05, 0) is 34.9 Å². The summed E-state index contributed by atoms with van der Waals surface area (Å²) in [6.45, 7) is 11.1.